The molecule has 0 N–H and O–H groups in total. The molecule has 1 aromatic rings. The van der Waals surface area contributed by atoms with E-state index in [9.17, 15) is 9.59 Å². The Labute approximate surface area is 157 Å². The molecular formula is C19H25BrN2O3. The van der Waals surface area contributed by atoms with E-state index in [1.54, 1.807) is 4.90 Å². The van der Waals surface area contributed by atoms with Crippen LogP contribution in [-0.2, 0) is 4.74 Å². The van der Waals surface area contributed by atoms with E-state index in [0.717, 1.165) is 28.4 Å². The summed E-state index contributed by atoms with van der Waals surface area (Å²) in [4.78, 5) is 29.2. The van der Waals surface area contributed by atoms with Crippen LogP contribution in [0.5, 0.6) is 0 Å². The first-order chi connectivity index (χ1) is 11.6. The van der Waals surface area contributed by atoms with Gasteiger partial charge in [0.1, 0.15) is 5.60 Å². The van der Waals surface area contributed by atoms with Gasteiger partial charge in [-0.15, -0.1) is 0 Å². The van der Waals surface area contributed by atoms with Crippen molar-refractivity contribution < 1.29 is 14.3 Å². The number of carbonyl (C=O) groups is 2. The predicted molar refractivity (Wildman–Crippen MR) is 99.7 cm³/mol. The molecule has 1 heterocycles. The maximum Gasteiger partial charge on any atom is 0.410 e. The molecule has 0 bridgehead atoms. The minimum atomic E-state index is -0.507. The third kappa shape index (κ3) is 3.68. The van der Waals surface area contributed by atoms with Crippen LogP contribution >= 0.6 is 15.9 Å². The summed E-state index contributed by atoms with van der Waals surface area (Å²) in [5.41, 5.74) is 0.949. The highest BCUT2D eigenvalue weighted by Gasteiger charge is 2.54. The second kappa shape index (κ2) is 6.31. The molecule has 2 fully saturated rings. The summed E-state index contributed by atoms with van der Waals surface area (Å²) < 4.78 is 6.32. The molecule has 1 spiro atoms. The number of halogens is 1. The minimum absolute atomic E-state index is 0.0475. The molecule has 1 aromatic carbocycles. The Balaban J connectivity index is 1.77. The van der Waals surface area contributed by atoms with Gasteiger partial charge in [-0.2, -0.15) is 0 Å². The highest BCUT2D eigenvalue weighted by molar-refractivity contribution is 9.10. The molecule has 1 saturated carbocycles. The van der Waals surface area contributed by atoms with E-state index in [1.165, 1.54) is 0 Å². The van der Waals surface area contributed by atoms with Gasteiger partial charge < -0.3 is 14.5 Å². The van der Waals surface area contributed by atoms with E-state index in [0.29, 0.717) is 19.6 Å². The third-order valence-electron chi connectivity index (χ3n) is 4.81. The van der Waals surface area contributed by atoms with Crippen molar-refractivity contribution in [3.8, 4) is 0 Å². The molecule has 5 nitrogen and oxygen atoms in total. The first-order valence-corrected chi connectivity index (χ1v) is 9.47. The number of hydrogen-bond donors (Lipinski definition) is 0. The summed E-state index contributed by atoms with van der Waals surface area (Å²) in [5, 5.41) is 0. The number of hydrogen-bond acceptors (Lipinski definition) is 3. The fourth-order valence-corrected chi connectivity index (χ4v) is 4.02. The zero-order valence-electron chi connectivity index (χ0n) is 15.3. The fraction of sp³-hybridized carbons (Fsp3) is 0.579. The number of ether oxygens (including phenoxy) is 1. The maximum absolute atomic E-state index is 13.2. The Morgan fingerprint density at radius 3 is 2.44 bits per heavy atom. The first kappa shape index (κ1) is 18.2. The number of aryl methyl sites for hydroxylation is 1. The molecule has 2 amide bonds. The van der Waals surface area contributed by atoms with Crippen molar-refractivity contribution in [2.45, 2.75) is 51.7 Å². The molecule has 136 valence electrons. The quantitative estimate of drug-likeness (QED) is 0.705. The Hall–Kier alpha value is -1.56. The monoisotopic (exact) mass is 408 g/mol. The summed E-state index contributed by atoms with van der Waals surface area (Å²) >= 11 is 3.51. The van der Waals surface area contributed by atoms with Gasteiger partial charge in [-0.3, -0.25) is 4.79 Å². The van der Waals surface area contributed by atoms with Crippen molar-refractivity contribution in [1.29, 1.82) is 0 Å². The van der Waals surface area contributed by atoms with Gasteiger partial charge in [0.05, 0.1) is 11.1 Å². The van der Waals surface area contributed by atoms with Crippen molar-refractivity contribution in [3.63, 3.8) is 0 Å². The molecule has 25 heavy (non-hydrogen) atoms. The summed E-state index contributed by atoms with van der Waals surface area (Å²) in [6.07, 6.45) is 1.58. The highest BCUT2D eigenvalue weighted by Crippen LogP contribution is 2.45. The van der Waals surface area contributed by atoms with Crippen molar-refractivity contribution in [2.24, 2.45) is 0 Å². The van der Waals surface area contributed by atoms with Crippen molar-refractivity contribution in [3.05, 3.63) is 33.8 Å². The van der Waals surface area contributed by atoms with E-state index in [-0.39, 0.29) is 17.5 Å². The summed E-state index contributed by atoms with van der Waals surface area (Å²) in [7, 11) is 0. The van der Waals surface area contributed by atoms with Gasteiger partial charge in [0, 0.05) is 24.1 Å². The smallest absolute Gasteiger partial charge is 0.410 e. The number of nitrogens with zero attached hydrogens (tertiary/aromatic N) is 2. The second-order valence-electron chi connectivity index (χ2n) is 8.01. The Morgan fingerprint density at radius 1 is 1.20 bits per heavy atom. The number of piperazine rings is 1. The average molecular weight is 409 g/mol. The third-order valence-corrected chi connectivity index (χ3v) is 5.47. The van der Waals surface area contributed by atoms with Gasteiger partial charge in [0.25, 0.3) is 5.91 Å². The molecular weight excluding hydrogens is 384 g/mol. The Bertz CT molecular complexity index is 687. The predicted octanol–water partition coefficient (Wildman–Crippen LogP) is 3.98. The van der Waals surface area contributed by atoms with Crippen LogP contribution in [0, 0.1) is 6.92 Å². The molecule has 0 atom stereocenters. The van der Waals surface area contributed by atoms with E-state index < -0.39 is 5.60 Å². The number of carbonyl (C=O) groups excluding carboxylic acids is 2. The lowest BCUT2D eigenvalue weighted by atomic mass is 10.0. The van der Waals surface area contributed by atoms with Gasteiger partial charge in [-0.1, -0.05) is 12.1 Å². The van der Waals surface area contributed by atoms with Gasteiger partial charge in [-0.25, -0.2) is 4.79 Å². The number of benzene rings is 1. The van der Waals surface area contributed by atoms with Gasteiger partial charge in [0.2, 0.25) is 0 Å². The molecule has 0 aromatic heterocycles. The van der Waals surface area contributed by atoms with E-state index >= 15 is 0 Å². The molecule has 2 aliphatic rings. The summed E-state index contributed by atoms with van der Waals surface area (Å²) in [5.74, 6) is 0.0475. The van der Waals surface area contributed by atoms with Crippen LogP contribution in [0.4, 0.5) is 4.79 Å². The zero-order chi connectivity index (χ0) is 18.4. The lowest BCUT2D eigenvalue weighted by Crippen LogP contribution is -2.58. The average Bonchev–Trinajstić information content (AvgIpc) is 3.24. The number of amides is 2. The fourth-order valence-electron chi connectivity index (χ4n) is 3.39. The molecule has 1 saturated heterocycles. The largest absolute Gasteiger partial charge is 0.444 e. The molecule has 0 unspecified atom stereocenters. The highest BCUT2D eigenvalue weighted by atomic mass is 79.9. The lowest BCUT2D eigenvalue weighted by Gasteiger charge is -2.42. The van der Waals surface area contributed by atoms with E-state index in [2.05, 4.69) is 15.9 Å². The Morgan fingerprint density at radius 2 is 1.88 bits per heavy atom. The van der Waals surface area contributed by atoms with Crippen LogP contribution in [0.3, 0.4) is 0 Å². The second-order valence-corrected chi connectivity index (χ2v) is 8.87. The minimum Gasteiger partial charge on any atom is -0.444 e. The maximum atomic E-state index is 13.2. The van der Waals surface area contributed by atoms with Crippen LogP contribution < -0.4 is 0 Å². The van der Waals surface area contributed by atoms with Gasteiger partial charge >= 0.3 is 6.09 Å². The van der Waals surface area contributed by atoms with Crippen LogP contribution in [0.1, 0.15) is 49.5 Å². The van der Waals surface area contributed by atoms with Crippen LogP contribution in [-0.4, -0.2) is 52.6 Å². The molecule has 3 rings (SSSR count). The lowest BCUT2D eigenvalue weighted by molar-refractivity contribution is 0.000590. The van der Waals surface area contributed by atoms with Crippen LogP contribution in [0.15, 0.2) is 22.7 Å². The molecule has 0 radical (unpaired) electrons. The molecule has 1 aliphatic heterocycles. The standard InChI is InChI=1S/C19H25BrN2O3/c1-13-6-5-7-14(20)15(13)16(23)22-11-10-21(12-19(22)8-9-19)17(24)25-18(2,3)4/h5-7H,8-12H2,1-4H3. The van der Waals surface area contributed by atoms with Gasteiger partial charge in [-0.05, 0) is 68.1 Å². The SMILES string of the molecule is Cc1cccc(Br)c1C(=O)N1CCN(C(=O)OC(C)(C)C)CC12CC2. The Kier molecular flexibility index (Phi) is 4.60. The number of rotatable bonds is 1. The first-order valence-electron chi connectivity index (χ1n) is 8.68. The normalized spacial score (nSPS) is 19.1. The van der Waals surface area contributed by atoms with E-state index in [1.807, 2.05) is 50.8 Å². The van der Waals surface area contributed by atoms with Crippen LogP contribution in [0.25, 0.3) is 0 Å². The molecule has 6 heteroatoms. The zero-order valence-corrected chi connectivity index (χ0v) is 16.9. The van der Waals surface area contributed by atoms with Gasteiger partial charge in [0.15, 0.2) is 0 Å². The topological polar surface area (TPSA) is 49.9 Å². The van der Waals surface area contributed by atoms with E-state index in [4.69, 9.17) is 4.74 Å². The summed E-state index contributed by atoms with van der Waals surface area (Å²) in [6, 6.07) is 5.79. The van der Waals surface area contributed by atoms with Crippen LogP contribution in [0.2, 0.25) is 0 Å². The van der Waals surface area contributed by atoms with Crippen molar-refractivity contribution >= 4 is 27.9 Å². The molecule has 1 aliphatic carbocycles. The van der Waals surface area contributed by atoms with Crippen molar-refractivity contribution in [2.75, 3.05) is 19.6 Å². The summed E-state index contributed by atoms with van der Waals surface area (Å²) in [6.45, 7) is 9.16. The van der Waals surface area contributed by atoms with Crippen molar-refractivity contribution in [1.82, 2.24) is 9.80 Å².